The van der Waals surface area contributed by atoms with E-state index in [1.807, 2.05) is 0 Å². The Kier molecular flexibility index (Phi) is 6.57. The molecule has 2 heterocycles. The molecule has 1 unspecified atom stereocenters. The number of ether oxygens (including phenoxy) is 1. The van der Waals surface area contributed by atoms with Crippen molar-refractivity contribution in [3.05, 3.63) is 42.5 Å². The number of rotatable bonds is 7. The van der Waals surface area contributed by atoms with Gasteiger partial charge in [0, 0.05) is 18.8 Å². The number of carbonyl (C=O) groups excluding carboxylic acids is 2. The molecule has 0 radical (unpaired) electrons. The molecule has 2 N–H and O–H groups in total. The Morgan fingerprint density at radius 1 is 1.18 bits per heavy atom. The fourth-order valence-electron chi connectivity index (χ4n) is 4.12. The molecule has 0 spiro atoms. The molecule has 0 bridgehead atoms. The van der Waals surface area contributed by atoms with Gasteiger partial charge in [0.25, 0.3) is 0 Å². The molecule has 2 amide bonds. The van der Waals surface area contributed by atoms with Gasteiger partial charge in [-0.25, -0.2) is 8.42 Å². The van der Waals surface area contributed by atoms with Crippen molar-refractivity contribution in [2.24, 2.45) is 0 Å². The first-order valence-electron chi connectivity index (χ1n) is 11.0. The van der Waals surface area contributed by atoms with E-state index in [0.717, 1.165) is 12.8 Å². The van der Waals surface area contributed by atoms with Crippen LogP contribution in [0.2, 0.25) is 0 Å². The third-order valence-corrected chi connectivity index (χ3v) is 7.64. The number of hydrogen-bond donors (Lipinski definition) is 2. The van der Waals surface area contributed by atoms with Gasteiger partial charge >= 0.3 is 0 Å². The van der Waals surface area contributed by atoms with E-state index < -0.39 is 16.1 Å². The van der Waals surface area contributed by atoms with Gasteiger partial charge in [0.1, 0.15) is 23.2 Å². The number of benzene rings is 2. The van der Waals surface area contributed by atoms with Gasteiger partial charge < -0.3 is 15.4 Å². The molecule has 176 valence electrons. The van der Waals surface area contributed by atoms with Crippen LogP contribution < -0.4 is 20.3 Å². The Labute approximate surface area is 193 Å². The molecule has 2 aliphatic rings. The van der Waals surface area contributed by atoms with Crippen LogP contribution in [-0.4, -0.2) is 56.8 Å². The van der Waals surface area contributed by atoms with Crippen LogP contribution in [0, 0.1) is 0 Å². The van der Waals surface area contributed by atoms with Gasteiger partial charge in [0.05, 0.1) is 18.0 Å². The number of nitrogens with one attached hydrogen (secondary N) is 2. The average Bonchev–Trinajstić information content (AvgIpc) is 3.35. The number of nitrogens with zero attached hydrogens (tertiary/aromatic N) is 2. The van der Waals surface area contributed by atoms with E-state index in [-0.39, 0.29) is 29.0 Å². The topological polar surface area (TPSA) is 108 Å². The van der Waals surface area contributed by atoms with Gasteiger partial charge in [-0.1, -0.05) is 12.1 Å². The minimum atomic E-state index is -3.72. The van der Waals surface area contributed by atoms with Crippen molar-refractivity contribution in [2.45, 2.75) is 37.6 Å². The molecule has 0 aliphatic carbocycles. The first kappa shape index (κ1) is 23.1. The lowest BCUT2D eigenvalue weighted by Crippen LogP contribution is -2.47. The third-order valence-electron chi connectivity index (χ3n) is 5.72. The van der Waals surface area contributed by atoms with E-state index in [2.05, 4.69) is 10.6 Å². The van der Waals surface area contributed by atoms with Crippen molar-refractivity contribution >= 4 is 38.9 Å². The largest absolute Gasteiger partial charge is 0.492 e. The number of hydrogen-bond acceptors (Lipinski definition) is 6. The maximum absolute atomic E-state index is 13.2. The van der Waals surface area contributed by atoms with Gasteiger partial charge in [-0.3, -0.25) is 14.5 Å². The zero-order valence-electron chi connectivity index (χ0n) is 18.7. The molecule has 4 rings (SSSR count). The molecule has 33 heavy (non-hydrogen) atoms. The fraction of sp³-hybridized carbons (Fsp3) is 0.391. The summed E-state index contributed by atoms with van der Waals surface area (Å²) in [5.41, 5.74) is 1.68. The molecule has 9 nitrogen and oxygen atoms in total. The molecular weight excluding hydrogens is 444 g/mol. The highest BCUT2D eigenvalue weighted by Gasteiger charge is 2.32. The zero-order valence-corrected chi connectivity index (χ0v) is 19.5. The van der Waals surface area contributed by atoms with E-state index >= 15 is 0 Å². The van der Waals surface area contributed by atoms with Gasteiger partial charge in [-0.15, -0.1) is 0 Å². The van der Waals surface area contributed by atoms with Crippen LogP contribution >= 0.6 is 0 Å². The van der Waals surface area contributed by atoms with Crippen molar-refractivity contribution in [3.8, 4) is 5.75 Å². The number of anilines is 3. The SMILES string of the molecule is CCOc1ccc(NC(C)C(=O)N2CC(=O)Nc3ccccc32)cc1S(=O)(=O)N1CCCC1. The monoisotopic (exact) mass is 472 g/mol. The summed E-state index contributed by atoms with van der Waals surface area (Å²) in [5, 5.41) is 5.86. The van der Waals surface area contributed by atoms with E-state index in [0.29, 0.717) is 36.8 Å². The Morgan fingerprint density at radius 3 is 2.64 bits per heavy atom. The fourth-order valence-corrected chi connectivity index (χ4v) is 5.79. The van der Waals surface area contributed by atoms with Crippen LogP contribution in [0.1, 0.15) is 26.7 Å². The first-order chi connectivity index (χ1) is 15.8. The Hall–Kier alpha value is -3.11. The highest BCUT2D eigenvalue weighted by atomic mass is 32.2. The highest BCUT2D eigenvalue weighted by Crippen LogP contribution is 2.33. The maximum Gasteiger partial charge on any atom is 0.249 e. The van der Waals surface area contributed by atoms with Crippen molar-refractivity contribution in [3.63, 3.8) is 0 Å². The molecule has 1 atom stereocenters. The molecule has 1 fully saturated rings. The number of amides is 2. The molecule has 0 saturated carbocycles. The Bertz CT molecular complexity index is 1160. The molecule has 0 aromatic heterocycles. The summed E-state index contributed by atoms with van der Waals surface area (Å²) in [7, 11) is -3.72. The number of sulfonamides is 1. The second-order valence-electron chi connectivity index (χ2n) is 8.06. The molecular formula is C23H28N4O5S. The predicted octanol–water partition coefficient (Wildman–Crippen LogP) is 2.66. The zero-order chi connectivity index (χ0) is 23.6. The van der Waals surface area contributed by atoms with E-state index in [4.69, 9.17) is 4.74 Å². The van der Waals surface area contributed by atoms with Crippen molar-refractivity contribution in [1.29, 1.82) is 0 Å². The summed E-state index contributed by atoms with van der Waals surface area (Å²) >= 11 is 0. The maximum atomic E-state index is 13.2. The standard InChI is InChI=1S/C23H28N4O5S/c1-3-32-20-11-10-17(14-21(20)33(30,31)26-12-6-7-13-26)24-16(2)23(29)27-15-22(28)25-18-8-4-5-9-19(18)27/h4-5,8-11,14,16,24H,3,6-7,12-13,15H2,1-2H3,(H,25,28). The first-order valence-corrected chi connectivity index (χ1v) is 12.5. The van der Waals surface area contributed by atoms with Crippen molar-refractivity contribution in [2.75, 3.05) is 41.8 Å². The third kappa shape index (κ3) is 4.67. The van der Waals surface area contributed by atoms with Gasteiger partial charge in [0.15, 0.2) is 0 Å². The van der Waals surface area contributed by atoms with Crippen LogP contribution in [-0.2, 0) is 19.6 Å². The molecule has 2 aliphatic heterocycles. The minimum absolute atomic E-state index is 0.0820. The lowest BCUT2D eigenvalue weighted by molar-refractivity contribution is -0.122. The lowest BCUT2D eigenvalue weighted by Gasteiger charge is -2.31. The average molecular weight is 473 g/mol. The summed E-state index contributed by atoms with van der Waals surface area (Å²) in [6.45, 7) is 4.70. The van der Waals surface area contributed by atoms with E-state index in [1.165, 1.54) is 15.3 Å². The summed E-state index contributed by atoms with van der Waals surface area (Å²) in [6, 6.07) is 11.2. The van der Waals surface area contributed by atoms with Crippen LogP contribution in [0.5, 0.6) is 5.75 Å². The van der Waals surface area contributed by atoms with Crippen LogP contribution in [0.15, 0.2) is 47.4 Å². The second kappa shape index (κ2) is 9.40. The lowest BCUT2D eigenvalue weighted by atomic mass is 10.1. The normalized spacial score (nSPS) is 17.3. The van der Waals surface area contributed by atoms with Crippen molar-refractivity contribution < 1.29 is 22.7 Å². The predicted molar refractivity (Wildman–Crippen MR) is 126 cm³/mol. The van der Waals surface area contributed by atoms with Crippen molar-refractivity contribution in [1.82, 2.24) is 4.31 Å². The number of fused-ring (bicyclic) bond motifs is 1. The quantitative estimate of drug-likeness (QED) is 0.642. The van der Waals surface area contributed by atoms with Gasteiger partial charge in [-0.2, -0.15) is 4.31 Å². The number of para-hydroxylation sites is 2. The number of carbonyl (C=O) groups is 2. The second-order valence-corrected chi connectivity index (χ2v) is 9.97. The van der Waals surface area contributed by atoms with Crippen LogP contribution in [0.3, 0.4) is 0 Å². The molecule has 2 aromatic carbocycles. The molecule has 2 aromatic rings. The smallest absolute Gasteiger partial charge is 0.249 e. The van der Waals surface area contributed by atoms with Crippen LogP contribution in [0.25, 0.3) is 0 Å². The van der Waals surface area contributed by atoms with E-state index in [1.54, 1.807) is 50.2 Å². The summed E-state index contributed by atoms with van der Waals surface area (Å²) < 4.78 is 33.5. The highest BCUT2D eigenvalue weighted by molar-refractivity contribution is 7.89. The molecule has 10 heteroatoms. The van der Waals surface area contributed by atoms with Gasteiger partial charge in [-0.05, 0) is 57.0 Å². The summed E-state index contributed by atoms with van der Waals surface area (Å²) in [5.74, 6) is -0.278. The van der Waals surface area contributed by atoms with E-state index in [9.17, 15) is 18.0 Å². The minimum Gasteiger partial charge on any atom is -0.492 e. The van der Waals surface area contributed by atoms with Crippen LogP contribution in [0.4, 0.5) is 17.1 Å². The summed E-state index contributed by atoms with van der Waals surface area (Å²) in [4.78, 5) is 26.8. The summed E-state index contributed by atoms with van der Waals surface area (Å²) in [6.07, 6.45) is 1.66. The Morgan fingerprint density at radius 2 is 1.91 bits per heavy atom. The Balaban J connectivity index is 1.59. The molecule has 1 saturated heterocycles. The van der Waals surface area contributed by atoms with Gasteiger partial charge in [0.2, 0.25) is 21.8 Å².